The molecule has 3 N–H and O–H groups in total. The van der Waals surface area contributed by atoms with Crippen molar-refractivity contribution in [3.05, 3.63) is 78.4 Å². The fourth-order valence-electron chi connectivity index (χ4n) is 3.91. The van der Waals surface area contributed by atoms with Gasteiger partial charge in [0, 0.05) is 37.1 Å². The molecule has 4 rings (SSSR count). The summed E-state index contributed by atoms with van der Waals surface area (Å²) >= 11 is 0. The largest absolute Gasteiger partial charge is 0.496 e. The number of benzene rings is 3. The third-order valence-electron chi connectivity index (χ3n) is 5.84. The quantitative estimate of drug-likeness (QED) is 0.350. The highest BCUT2D eigenvalue weighted by Gasteiger charge is 2.15. The number of hydrogen-bond donors (Lipinski definition) is 3. The number of nitrogens with zero attached hydrogens (tertiary/aromatic N) is 1. The van der Waals surface area contributed by atoms with Crippen LogP contribution >= 0.6 is 0 Å². The minimum absolute atomic E-state index is 0.215. The van der Waals surface area contributed by atoms with Crippen molar-refractivity contribution in [2.24, 2.45) is 0 Å². The van der Waals surface area contributed by atoms with Gasteiger partial charge in [-0.1, -0.05) is 18.2 Å². The van der Waals surface area contributed by atoms with Gasteiger partial charge in [0.15, 0.2) is 0 Å². The van der Waals surface area contributed by atoms with E-state index in [9.17, 15) is 9.59 Å². The molecule has 3 amide bonds. The van der Waals surface area contributed by atoms with Gasteiger partial charge in [-0.15, -0.1) is 0 Å². The van der Waals surface area contributed by atoms with E-state index in [0.29, 0.717) is 35.0 Å². The minimum Gasteiger partial charge on any atom is -0.496 e. The van der Waals surface area contributed by atoms with Crippen molar-refractivity contribution in [2.45, 2.75) is 6.42 Å². The number of urea groups is 1. The molecule has 37 heavy (non-hydrogen) atoms. The van der Waals surface area contributed by atoms with Gasteiger partial charge in [0.25, 0.3) is 5.91 Å². The lowest BCUT2D eigenvalue weighted by molar-refractivity contribution is 0.0374. The molecule has 0 aliphatic carbocycles. The normalized spacial score (nSPS) is 13.4. The molecule has 0 saturated carbocycles. The predicted molar refractivity (Wildman–Crippen MR) is 143 cm³/mol. The number of nitrogens with one attached hydrogen (secondary N) is 3. The summed E-state index contributed by atoms with van der Waals surface area (Å²) in [7, 11) is 1.49. The van der Waals surface area contributed by atoms with E-state index in [1.165, 1.54) is 7.11 Å². The molecule has 3 aromatic rings. The molecule has 0 atom stereocenters. The Bertz CT molecular complexity index is 1160. The molecule has 194 valence electrons. The highest BCUT2D eigenvalue weighted by molar-refractivity contribution is 6.01. The third-order valence-corrected chi connectivity index (χ3v) is 5.84. The molecule has 9 nitrogen and oxygen atoms in total. The van der Waals surface area contributed by atoms with Gasteiger partial charge < -0.3 is 30.2 Å². The molecule has 3 aromatic carbocycles. The number of rotatable bonds is 10. The summed E-state index contributed by atoms with van der Waals surface area (Å²) in [5.41, 5.74) is 1.52. The molecule has 0 unspecified atom stereocenters. The number of amides is 3. The van der Waals surface area contributed by atoms with Crippen molar-refractivity contribution < 1.29 is 23.8 Å². The van der Waals surface area contributed by atoms with E-state index in [-0.39, 0.29) is 5.91 Å². The summed E-state index contributed by atoms with van der Waals surface area (Å²) in [6, 6.07) is 21.0. The molecule has 0 aromatic heterocycles. The first-order valence-corrected chi connectivity index (χ1v) is 12.3. The zero-order chi connectivity index (χ0) is 25.9. The van der Waals surface area contributed by atoms with E-state index in [0.717, 1.165) is 45.0 Å². The average molecular weight is 505 g/mol. The SMILES string of the molecule is COc1cc(NC(=O)Nc2ccc(Oc3ccccc3)cc2)ccc1C(=O)NCCCN1CCOCC1. The summed E-state index contributed by atoms with van der Waals surface area (Å²) in [5, 5.41) is 8.48. The molecule has 1 aliphatic rings. The molecule has 1 saturated heterocycles. The predicted octanol–water partition coefficient (Wildman–Crippen LogP) is 4.58. The summed E-state index contributed by atoms with van der Waals surface area (Å²) in [5.74, 6) is 1.57. The Morgan fingerprint density at radius 1 is 0.892 bits per heavy atom. The van der Waals surface area contributed by atoms with Crippen LogP contribution in [-0.4, -0.2) is 63.3 Å². The Balaban J connectivity index is 1.25. The lowest BCUT2D eigenvalue weighted by Crippen LogP contribution is -2.38. The molecular formula is C28H32N4O5. The van der Waals surface area contributed by atoms with E-state index in [1.807, 2.05) is 30.3 Å². The fourth-order valence-corrected chi connectivity index (χ4v) is 3.91. The molecule has 0 bridgehead atoms. The fraction of sp³-hybridized carbons (Fsp3) is 0.286. The second-order valence-corrected chi connectivity index (χ2v) is 8.50. The first-order chi connectivity index (χ1) is 18.1. The highest BCUT2D eigenvalue weighted by Crippen LogP contribution is 2.25. The number of ether oxygens (including phenoxy) is 3. The molecule has 1 heterocycles. The van der Waals surface area contributed by atoms with Crippen LogP contribution < -0.4 is 25.4 Å². The standard InChI is InChI=1S/C28H32N4O5/c1-35-26-20-22(10-13-25(26)27(33)29-14-5-15-32-16-18-36-19-17-32)31-28(34)30-21-8-11-24(12-9-21)37-23-6-3-2-4-7-23/h2-4,6-13,20H,5,14-19H2,1H3,(H,29,33)(H2,30,31,34). The van der Waals surface area contributed by atoms with Gasteiger partial charge in [-0.2, -0.15) is 0 Å². The molecular weight excluding hydrogens is 472 g/mol. The zero-order valence-corrected chi connectivity index (χ0v) is 20.9. The second kappa shape index (κ2) is 13.3. The molecule has 1 aliphatic heterocycles. The molecule has 0 spiro atoms. The van der Waals surface area contributed by atoms with Crippen molar-refractivity contribution in [3.8, 4) is 17.2 Å². The number of carbonyl (C=O) groups is 2. The molecule has 9 heteroatoms. The zero-order valence-electron chi connectivity index (χ0n) is 20.9. The van der Waals surface area contributed by atoms with E-state index >= 15 is 0 Å². The van der Waals surface area contributed by atoms with Crippen LogP contribution in [0.1, 0.15) is 16.8 Å². The van der Waals surface area contributed by atoms with Crippen LogP contribution in [0.5, 0.6) is 17.2 Å². The second-order valence-electron chi connectivity index (χ2n) is 8.50. The average Bonchev–Trinajstić information content (AvgIpc) is 2.93. The van der Waals surface area contributed by atoms with Gasteiger partial charge in [0.1, 0.15) is 17.2 Å². The topological polar surface area (TPSA) is 101 Å². The summed E-state index contributed by atoms with van der Waals surface area (Å²) in [6.45, 7) is 4.87. The van der Waals surface area contributed by atoms with Crippen LogP contribution in [0.15, 0.2) is 72.8 Å². The number of hydrogen-bond acceptors (Lipinski definition) is 6. The van der Waals surface area contributed by atoms with Crippen LogP contribution in [0.4, 0.5) is 16.2 Å². The number of methoxy groups -OCH3 is 1. The maximum atomic E-state index is 12.7. The maximum absolute atomic E-state index is 12.7. The first kappa shape index (κ1) is 26.0. The monoisotopic (exact) mass is 504 g/mol. The van der Waals surface area contributed by atoms with Gasteiger partial charge >= 0.3 is 6.03 Å². The van der Waals surface area contributed by atoms with Gasteiger partial charge in [-0.25, -0.2) is 4.79 Å². The highest BCUT2D eigenvalue weighted by atomic mass is 16.5. The molecule has 1 fully saturated rings. The van der Waals surface area contributed by atoms with Crippen molar-refractivity contribution in [2.75, 3.05) is 57.1 Å². The van der Waals surface area contributed by atoms with Crippen molar-refractivity contribution in [1.82, 2.24) is 10.2 Å². The molecule has 0 radical (unpaired) electrons. The lowest BCUT2D eigenvalue weighted by Gasteiger charge is -2.26. The van der Waals surface area contributed by atoms with Crippen molar-refractivity contribution in [1.29, 1.82) is 0 Å². The van der Waals surface area contributed by atoms with Gasteiger partial charge in [0.05, 0.1) is 25.9 Å². The van der Waals surface area contributed by atoms with Crippen molar-refractivity contribution in [3.63, 3.8) is 0 Å². The summed E-state index contributed by atoms with van der Waals surface area (Å²) in [4.78, 5) is 27.5. The van der Waals surface area contributed by atoms with Crippen LogP contribution in [0.25, 0.3) is 0 Å². The Morgan fingerprint density at radius 2 is 1.57 bits per heavy atom. The summed E-state index contributed by atoms with van der Waals surface area (Å²) < 4.78 is 16.5. The van der Waals surface area contributed by atoms with E-state index in [4.69, 9.17) is 14.2 Å². The number of para-hydroxylation sites is 1. The van der Waals surface area contributed by atoms with Crippen LogP contribution in [0.3, 0.4) is 0 Å². The minimum atomic E-state index is -0.418. The Hall–Kier alpha value is -4.08. The summed E-state index contributed by atoms with van der Waals surface area (Å²) in [6.07, 6.45) is 0.854. The van der Waals surface area contributed by atoms with Gasteiger partial charge in [-0.3, -0.25) is 9.69 Å². The smallest absolute Gasteiger partial charge is 0.323 e. The third kappa shape index (κ3) is 7.96. The number of anilines is 2. The van der Waals surface area contributed by atoms with Crippen molar-refractivity contribution >= 4 is 23.3 Å². The maximum Gasteiger partial charge on any atom is 0.323 e. The van der Waals surface area contributed by atoms with Crippen LogP contribution in [-0.2, 0) is 4.74 Å². The van der Waals surface area contributed by atoms with Gasteiger partial charge in [0.2, 0.25) is 0 Å². The Kier molecular flexibility index (Phi) is 9.34. The van der Waals surface area contributed by atoms with Crippen LogP contribution in [0.2, 0.25) is 0 Å². The van der Waals surface area contributed by atoms with E-state index < -0.39 is 6.03 Å². The Labute approximate surface area is 216 Å². The van der Waals surface area contributed by atoms with Crippen LogP contribution in [0, 0.1) is 0 Å². The van der Waals surface area contributed by atoms with E-state index in [2.05, 4.69) is 20.9 Å². The lowest BCUT2D eigenvalue weighted by atomic mass is 10.1. The Morgan fingerprint density at radius 3 is 2.30 bits per heavy atom. The number of carbonyl (C=O) groups excluding carboxylic acids is 2. The number of morpholine rings is 1. The van der Waals surface area contributed by atoms with E-state index in [1.54, 1.807) is 42.5 Å². The first-order valence-electron chi connectivity index (χ1n) is 12.3. The van der Waals surface area contributed by atoms with Gasteiger partial charge in [-0.05, 0) is 61.5 Å².